The van der Waals surface area contributed by atoms with Gasteiger partial charge >= 0.3 is 5.97 Å². The van der Waals surface area contributed by atoms with Crippen molar-refractivity contribution in [1.82, 2.24) is 10.3 Å². The van der Waals surface area contributed by atoms with E-state index in [2.05, 4.69) is 10.3 Å². The van der Waals surface area contributed by atoms with Crippen LogP contribution < -0.4 is 10.9 Å². The number of hydrogen-bond donors (Lipinski definition) is 3. The molecule has 0 fully saturated rings. The van der Waals surface area contributed by atoms with Gasteiger partial charge < -0.3 is 15.4 Å². The molecule has 0 aromatic carbocycles. The molecule has 0 radical (unpaired) electrons. The van der Waals surface area contributed by atoms with Crippen molar-refractivity contribution < 1.29 is 14.7 Å². The third kappa shape index (κ3) is 4.44. The maximum Gasteiger partial charge on any atom is 0.329 e. The minimum atomic E-state index is -1.35. The first-order chi connectivity index (χ1) is 9.67. The Balaban J connectivity index is 3.05. The van der Waals surface area contributed by atoms with Gasteiger partial charge in [-0.25, -0.2) is 4.79 Å². The summed E-state index contributed by atoms with van der Waals surface area (Å²) in [4.78, 5) is 37.7. The fourth-order valence-electron chi connectivity index (χ4n) is 1.90. The highest BCUT2D eigenvalue weighted by Crippen LogP contribution is 2.12. The fourth-order valence-corrected chi connectivity index (χ4v) is 1.90. The number of pyridine rings is 1. The van der Waals surface area contributed by atoms with E-state index < -0.39 is 17.4 Å². The van der Waals surface area contributed by atoms with Gasteiger partial charge in [0.1, 0.15) is 5.54 Å². The SMILES string of the molecule is CCC(C)(NC(=O)c1cc(CC(C)C)[nH]c(=O)c1)C(=O)O. The molecule has 0 saturated carbocycles. The second-order valence-corrected chi connectivity index (χ2v) is 5.80. The molecular weight excluding hydrogens is 272 g/mol. The van der Waals surface area contributed by atoms with Crippen molar-refractivity contribution in [3.8, 4) is 0 Å². The van der Waals surface area contributed by atoms with E-state index in [1.807, 2.05) is 13.8 Å². The number of amides is 1. The highest BCUT2D eigenvalue weighted by atomic mass is 16.4. The molecule has 6 nitrogen and oxygen atoms in total. The van der Waals surface area contributed by atoms with Crippen molar-refractivity contribution in [3.05, 3.63) is 33.7 Å². The van der Waals surface area contributed by atoms with Crippen LogP contribution in [0.2, 0.25) is 0 Å². The smallest absolute Gasteiger partial charge is 0.329 e. The van der Waals surface area contributed by atoms with Gasteiger partial charge in [-0.3, -0.25) is 9.59 Å². The third-order valence-electron chi connectivity index (χ3n) is 3.36. The number of aromatic nitrogens is 1. The lowest BCUT2D eigenvalue weighted by Gasteiger charge is -2.24. The quantitative estimate of drug-likeness (QED) is 0.741. The molecule has 1 unspecified atom stereocenters. The molecule has 21 heavy (non-hydrogen) atoms. The second-order valence-electron chi connectivity index (χ2n) is 5.80. The summed E-state index contributed by atoms with van der Waals surface area (Å²) in [5.41, 5.74) is -0.879. The molecule has 0 spiro atoms. The number of hydrogen-bond acceptors (Lipinski definition) is 3. The molecule has 1 aromatic heterocycles. The monoisotopic (exact) mass is 294 g/mol. The summed E-state index contributed by atoms with van der Waals surface area (Å²) >= 11 is 0. The molecular formula is C15H22N2O4. The van der Waals surface area contributed by atoms with Crippen LogP contribution in [0.1, 0.15) is 50.2 Å². The van der Waals surface area contributed by atoms with Gasteiger partial charge in [-0.2, -0.15) is 0 Å². The highest BCUT2D eigenvalue weighted by Gasteiger charge is 2.33. The number of aromatic amines is 1. The average molecular weight is 294 g/mol. The number of carbonyl (C=O) groups is 2. The molecule has 1 heterocycles. The largest absolute Gasteiger partial charge is 0.480 e. The molecule has 3 N–H and O–H groups in total. The highest BCUT2D eigenvalue weighted by molar-refractivity contribution is 5.97. The van der Waals surface area contributed by atoms with Gasteiger partial charge in [0.2, 0.25) is 5.56 Å². The Morgan fingerprint density at radius 2 is 2.00 bits per heavy atom. The van der Waals surface area contributed by atoms with Crippen LogP contribution in [0.15, 0.2) is 16.9 Å². The Kier molecular flexibility index (Phi) is 5.29. The van der Waals surface area contributed by atoms with Crippen molar-refractivity contribution in [2.24, 2.45) is 5.92 Å². The van der Waals surface area contributed by atoms with Crippen molar-refractivity contribution in [2.45, 2.75) is 46.1 Å². The first kappa shape index (κ1) is 16.9. The lowest BCUT2D eigenvalue weighted by molar-refractivity contribution is -0.143. The zero-order valence-corrected chi connectivity index (χ0v) is 12.8. The lowest BCUT2D eigenvalue weighted by Crippen LogP contribution is -2.51. The summed E-state index contributed by atoms with van der Waals surface area (Å²) < 4.78 is 0. The molecule has 0 saturated heterocycles. The van der Waals surface area contributed by atoms with E-state index in [0.717, 1.165) is 0 Å². The van der Waals surface area contributed by atoms with Crippen LogP contribution in [0.3, 0.4) is 0 Å². The van der Waals surface area contributed by atoms with Crippen molar-refractivity contribution in [3.63, 3.8) is 0 Å². The summed E-state index contributed by atoms with van der Waals surface area (Å²) in [7, 11) is 0. The van der Waals surface area contributed by atoms with Crippen molar-refractivity contribution in [2.75, 3.05) is 0 Å². The lowest BCUT2D eigenvalue weighted by atomic mass is 9.98. The van der Waals surface area contributed by atoms with Crippen LogP contribution in [-0.4, -0.2) is 27.5 Å². The predicted molar refractivity (Wildman–Crippen MR) is 79.4 cm³/mol. The normalized spacial score (nSPS) is 13.8. The Hall–Kier alpha value is -2.11. The van der Waals surface area contributed by atoms with E-state index in [0.29, 0.717) is 18.0 Å². The maximum atomic E-state index is 12.2. The van der Waals surface area contributed by atoms with E-state index in [1.165, 1.54) is 13.0 Å². The molecule has 0 bridgehead atoms. The van der Waals surface area contributed by atoms with Crippen LogP contribution >= 0.6 is 0 Å². The van der Waals surface area contributed by atoms with Gasteiger partial charge in [-0.1, -0.05) is 20.8 Å². The Morgan fingerprint density at radius 3 is 2.48 bits per heavy atom. The van der Waals surface area contributed by atoms with Crippen LogP contribution in [-0.2, 0) is 11.2 Å². The van der Waals surface area contributed by atoms with Crippen molar-refractivity contribution in [1.29, 1.82) is 0 Å². The first-order valence-corrected chi connectivity index (χ1v) is 6.97. The number of nitrogens with one attached hydrogen (secondary N) is 2. The van der Waals surface area contributed by atoms with Crippen LogP contribution in [0.25, 0.3) is 0 Å². The summed E-state index contributed by atoms with van der Waals surface area (Å²) in [6, 6.07) is 2.77. The van der Waals surface area contributed by atoms with Gasteiger partial charge in [-0.15, -0.1) is 0 Å². The van der Waals surface area contributed by atoms with Gasteiger partial charge in [0.05, 0.1) is 0 Å². The zero-order chi connectivity index (χ0) is 16.2. The molecule has 1 atom stereocenters. The second kappa shape index (κ2) is 6.56. The van der Waals surface area contributed by atoms with Crippen LogP contribution in [0, 0.1) is 5.92 Å². The molecule has 0 aliphatic rings. The fraction of sp³-hybridized carbons (Fsp3) is 0.533. The minimum absolute atomic E-state index is 0.176. The number of carbonyl (C=O) groups excluding carboxylic acids is 1. The molecule has 6 heteroatoms. The Morgan fingerprint density at radius 1 is 1.38 bits per heavy atom. The van der Waals surface area contributed by atoms with Crippen LogP contribution in [0.5, 0.6) is 0 Å². The number of H-pyrrole nitrogens is 1. The standard InChI is InChI=1S/C15H22N2O4/c1-5-15(4,14(20)21)17-13(19)10-7-11(6-9(2)3)16-12(18)8-10/h7-9H,5-6H2,1-4H3,(H,16,18)(H,17,19)(H,20,21). The van der Waals surface area contributed by atoms with Gasteiger partial charge in [0.25, 0.3) is 5.91 Å². The number of aliphatic carboxylic acids is 1. The number of carboxylic acids is 1. The van der Waals surface area contributed by atoms with E-state index in [4.69, 9.17) is 0 Å². The van der Waals surface area contributed by atoms with Gasteiger partial charge in [0, 0.05) is 17.3 Å². The molecule has 1 rings (SSSR count). The molecule has 0 aliphatic heterocycles. The predicted octanol–water partition coefficient (Wildman–Crippen LogP) is 1.56. The third-order valence-corrected chi connectivity index (χ3v) is 3.36. The summed E-state index contributed by atoms with van der Waals surface area (Å²) in [6.07, 6.45) is 0.885. The Bertz CT molecular complexity index is 592. The Labute approximate surface area is 123 Å². The summed E-state index contributed by atoms with van der Waals surface area (Å²) in [6.45, 7) is 7.12. The molecule has 1 aromatic rings. The van der Waals surface area contributed by atoms with Crippen molar-refractivity contribution >= 4 is 11.9 Å². The van der Waals surface area contributed by atoms with E-state index in [-0.39, 0.29) is 17.5 Å². The van der Waals surface area contributed by atoms with E-state index >= 15 is 0 Å². The molecule has 1 amide bonds. The minimum Gasteiger partial charge on any atom is -0.480 e. The van der Waals surface area contributed by atoms with E-state index in [9.17, 15) is 19.5 Å². The maximum absolute atomic E-state index is 12.2. The number of rotatable bonds is 6. The first-order valence-electron chi connectivity index (χ1n) is 6.97. The zero-order valence-electron chi connectivity index (χ0n) is 12.8. The average Bonchev–Trinajstić information content (AvgIpc) is 2.36. The summed E-state index contributed by atoms with van der Waals surface area (Å²) in [5.74, 6) is -1.33. The van der Waals surface area contributed by atoms with E-state index in [1.54, 1.807) is 13.0 Å². The number of carboxylic acid groups (broad SMARTS) is 1. The summed E-state index contributed by atoms with van der Waals surface area (Å²) in [5, 5.41) is 11.6. The van der Waals surface area contributed by atoms with Gasteiger partial charge in [-0.05, 0) is 31.7 Å². The topological polar surface area (TPSA) is 99.3 Å². The van der Waals surface area contributed by atoms with Crippen LogP contribution in [0.4, 0.5) is 0 Å². The van der Waals surface area contributed by atoms with Gasteiger partial charge in [0.15, 0.2) is 0 Å². The molecule has 0 aliphatic carbocycles. The molecule has 116 valence electrons.